The summed E-state index contributed by atoms with van der Waals surface area (Å²) in [5.41, 5.74) is 9.19. The van der Waals surface area contributed by atoms with Crippen molar-refractivity contribution in [2.45, 2.75) is 77.0 Å². The number of hydrogen-bond acceptors (Lipinski definition) is 4. The highest BCUT2D eigenvalue weighted by Crippen LogP contribution is 2.26. The van der Waals surface area contributed by atoms with E-state index in [9.17, 15) is 14.4 Å². The molecule has 192 valence electrons. The zero-order valence-corrected chi connectivity index (χ0v) is 21.8. The Morgan fingerprint density at radius 3 is 1.75 bits per heavy atom. The van der Waals surface area contributed by atoms with Crippen LogP contribution in [-0.4, -0.2) is 58.9 Å². The summed E-state index contributed by atoms with van der Waals surface area (Å²) in [4.78, 5) is 43.7. The molecule has 7 nitrogen and oxygen atoms in total. The van der Waals surface area contributed by atoms with Gasteiger partial charge in [0.15, 0.2) is 6.17 Å². The Balaban J connectivity index is 1.59. The van der Waals surface area contributed by atoms with E-state index in [1.165, 1.54) is 9.80 Å². The Hall–Kier alpha value is -3.19. The van der Waals surface area contributed by atoms with Gasteiger partial charge in [-0.05, 0) is 67.9 Å². The normalized spacial score (nSPS) is 22.4. The van der Waals surface area contributed by atoms with Crippen LogP contribution in [0.15, 0.2) is 48.5 Å². The first kappa shape index (κ1) is 25.9. The Kier molecular flexibility index (Phi) is 7.50. The number of carbonyl (C=O) groups excluding carboxylic acids is 3. The second kappa shape index (κ2) is 10.4. The molecule has 1 saturated carbocycles. The van der Waals surface area contributed by atoms with Crippen LogP contribution in [-0.2, 0) is 10.2 Å². The number of benzene rings is 2. The molecule has 2 aliphatic rings. The summed E-state index contributed by atoms with van der Waals surface area (Å²) in [6, 6.07) is 15.0. The first-order valence-electron chi connectivity index (χ1n) is 12.9. The Bertz CT molecular complexity index is 1100. The zero-order valence-electron chi connectivity index (χ0n) is 21.8. The van der Waals surface area contributed by atoms with Gasteiger partial charge in [-0.25, -0.2) is 0 Å². The number of carbonyl (C=O) groups is 3. The number of nitrogens with two attached hydrogens (primary N) is 1. The molecular formula is C29H38N4O3. The summed E-state index contributed by atoms with van der Waals surface area (Å²) in [5, 5.41) is 3.11. The molecule has 3 N–H and O–H groups in total. The van der Waals surface area contributed by atoms with Gasteiger partial charge < -0.3 is 20.9 Å². The highest BCUT2D eigenvalue weighted by atomic mass is 16.2. The standard InChI is InChI=1S/C29H38N4O3/c1-19-5-7-20(8-6-19)27(35)32-17-18-33(26(32)25(34)31-24-15-13-23(30)14-16-24)28(36)21-9-11-22(12-10-21)29(2,3)4/h5-12,23-24,26H,13-18,30H2,1-4H3,(H,31,34). The predicted octanol–water partition coefficient (Wildman–Crippen LogP) is 3.60. The fourth-order valence-corrected chi connectivity index (χ4v) is 5.02. The van der Waals surface area contributed by atoms with Crippen molar-refractivity contribution >= 4 is 17.7 Å². The summed E-state index contributed by atoms with van der Waals surface area (Å²) in [6.45, 7) is 8.92. The van der Waals surface area contributed by atoms with Crippen LogP contribution in [0.3, 0.4) is 0 Å². The van der Waals surface area contributed by atoms with Gasteiger partial charge in [0.1, 0.15) is 0 Å². The third-order valence-corrected chi connectivity index (χ3v) is 7.34. The van der Waals surface area contributed by atoms with Crippen LogP contribution >= 0.6 is 0 Å². The topological polar surface area (TPSA) is 95.7 Å². The fourth-order valence-electron chi connectivity index (χ4n) is 5.02. The quantitative estimate of drug-likeness (QED) is 0.685. The van der Waals surface area contributed by atoms with Crippen LogP contribution < -0.4 is 11.1 Å². The van der Waals surface area contributed by atoms with Crippen LogP contribution in [0, 0.1) is 6.92 Å². The minimum absolute atomic E-state index is 0.00255. The van der Waals surface area contributed by atoms with Crippen molar-refractivity contribution < 1.29 is 14.4 Å². The molecule has 1 unspecified atom stereocenters. The first-order valence-corrected chi connectivity index (χ1v) is 12.9. The molecule has 3 amide bonds. The lowest BCUT2D eigenvalue weighted by atomic mass is 9.86. The van der Waals surface area contributed by atoms with E-state index in [0.717, 1.165) is 36.8 Å². The van der Waals surface area contributed by atoms with Crippen molar-refractivity contribution in [2.75, 3.05) is 13.1 Å². The lowest BCUT2D eigenvalue weighted by molar-refractivity contribution is -0.129. The third-order valence-electron chi connectivity index (χ3n) is 7.34. The van der Waals surface area contributed by atoms with Crippen molar-refractivity contribution in [1.29, 1.82) is 0 Å². The van der Waals surface area contributed by atoms with E-state index in [2.05, 4.69) is 26.1 Å². The Morgan fingerprint density at radius 2 is 1.28 bits per heavy atom. The third kappa shape index (κ3) is 5.62. The van der Waals surface area contributed by atoms with Crippen molar-refractivity contribution in [3.8, 4) is 0 Å². The molecule has 2 aromatic rings. The molecule has 0 radical (unpaired) electrons. The number of hydrogen-bond donors (Lipinski definition) is 2. The Labute approximate surface area is 214 Å². The lowest BCUT2D eigenvalue weighted by Crippen LogP contribution is -2.56. The van der Waals surface area contributed by atoms with Crippen LogP contribution in [0.1, 0.15) is 78.3 Å². The monoisotopic (exact) mass is 490 g/mol. The largest absolute Gasteiger partial charge is 0.350 e. The van der Waals surface area contributed by atoms with Gasteiger partial charge in [-0.15, -0.1) is 0 Å². The van der Waals surface area contributed by atoms with E-state index in [0.29, 0.717) is 24.2 Å². The highest BCUT2D eigenvalue weighted by Gasteiger charge is 2.43. The lowest BCUT2D eigenvalue weighted by Gasteiger charge is -2.33. The second-order valence-corrected chi connectivity index (χ2v) is 11.2. The molecule has 1 aliphatic carbocycles. The van der Waals surface area contributed by atoms with E-state index >= 15 is 0 Å². The predicted molar refractivity (Wildman–Crippen MR) is 141 cm³/mol. The summed E-state index contributed by atoms with van der Waals surface area (Å²) in [7, 11) is 0. The smallest absolute Gasteiger partial charge is 0.264 e. The zero-order chi connectivity index (χ0) is 26.0. The van der Waals surface area contributed by atoms with Gasteiger partial charge in [0.25, 0.3) is 17.7 Å². The summed E-state index contributed by atoms with van der Waals surface area (Å²) in [5.74, 6) is -0.812. The van der Waals surface area contributed by atoms with E-state index in [1.54, 1.807) is 12.1 Å². The van der Waals surface area contributed by atoms with Crippen molar-refractivity contribution in [2.24, 2.45) is 5.73 Å². The van der Waals surface area contributed by atoms with Gasteiger partial charge in [0, 0.05) is 36.3 Å². The minimum Gasteiger partial charge on any atom is -0.350 e. The average Bonchev–Trinajstić information content (AvgIpc) is 3.30. The molecule has 1 aliphatic heterocycles. The molecule has 0 spiro atoms. The van der Waals surface area contributed by atoms with Gasteiger partial charge in [0.05, 0.1) is 0 Å². The van der Waals surface area contributed by atoms with Crippen LogP contribution in [0.4, 0.5) is 0 Å². The maximum Gasteiger partial charge on any atom is 0.264 e. The van der Waals surface area contributed by atoms with E-state index in [-0.39, 0.29) is 35.2 Å². The molecule has 36 heavy (non-hydrogen) atoms. The summed E-state index contributed by atoms with van der Waals surface area (Å²) in [6.07, 6.45) is 2.31. The van der Waals surface area contributed by atoms with Gasteiger partial charge in [-0.2, -0.15) is 0 Å². The first-order chi connectivity index (χ1) is 17.0. The SMILES string of the molecule is Cc1ccc(C(=O)N2CCN(C(=O)c3ccc(C(C)(C)C)cc3)C2C(=O)NC2CCC(N)CC2)cc1. The van der Waals surface area contributed by atoms with Crippen LogP contribution in [0.5, 0.6) is 0 Å². The molecule has 0 aromatic heterocycles. The molecule has 0 bridgehead atoms. The highest BCUT2D eigenvalue weighted by molar-refractivity contribution is 6.02. The van der Waals surface area contributed by atoms with E-state index in [4.69, 9.17) is 5.73 Å². The summed E-state index contributed by atoms with van der Waals surface area (Å²) >= 11 is 0. The molecule has 1 heterocycles. The molecule has 2 fully saturated rings. The maximum atomic E-state index is 13.6. The van der Waals surface area contributed by atoms with E-state index < -0.39 is 6.17 Å². The number of rotatable bonds is 4. The number of aryl methyl sites for hydroxylation is 1. The molecule has 2 aromatic carbocycles. The second-order valence-electron chi connectivity index (χ2n) is 11.2. The molecular weight excluding hydrogens is 452 g/mol. The van der Waals surface area contributed by atoms with Crippen molar-refractivity contribution in [1.82, 2.24) is 15.1 Å². The van der Waals surface area contributed by atoms with E-state index in [1.807, 2.05) is 43.3 Å². The van der Waals surface area contributed by atoms with Crippen molar-refractivity contribution in [3.63, 3.8) is 0 Å². The van der Waals surface area contributed by atoms with Gasteiger partial charge in [-0.3, -0.25) is 14.4 Å². The minimum atomic E-state index is -0.996. The van der Waals surface area contributed by atoms with Gasteiger partial charge >= 0.3 is 0 Å². The Morgan fingerprint density at radius 1 is 0.806 bits per heavy atom. The van der Waals surface area contributed by atoms with Crippen molar-refractivity contribution in [3.05, 3.63) is 70.8 Å². The molecule has 1 saturated heterocycles. The number of nitrogens with zero attached hydrogens (tertiary/aromatic N) is 2. The molecule has 1 atom stereocenters. The molecule has 7 heteroatoms. The average molecular weight is 491 g/mol. The van der Waals surface area contributed by atoms with Gasteiger partial charge in [0.2, 0.25) is 0 Å². The maximum absolute atomic E-state index is 13.6. The number of amides is 3. The molecule has 4 rings (SSSR count). The number of nitrogens with one attached hydrogen (secondary N) is 1. The van der Waals surface area contributed by atoms with Crippen LogP contribution in [0.2, 0.25) is 0 Å². The summed E-state index contributed by atoms with van der Waals surface area (Å²) < 4.78 is 0. The van der Waals surface area contributed by atoms with Crippen LogP contribution in [0.25, 0.3) is 0 Å². The fraction of sp³-hybridized carbons (Fsp3) is 0.483. The van der Waals surface area contributed by atoms with Gasteiger partial charge in [-0.1, -0.05) is 50.6 Å².